The van der Waals surface area contributed by atoms with E-state index in [4.69, 9.17) is 4.74 Å². The molecule has 0 radical (unpaired) electrons. The number of fused-ring (bicyclic) bond motifs is 1. The van der Waals surface area contributed by atoms with E-state index in [1.807, 2.05) is 0 Å². The number of hydrogen-bond acceptors (Lipinski definition) is 7. The van der Waals surface area contributed by atoms with E-state index >= 15 is 0 Å². The van der Waals surface area contributed by atoms with Crippen molar-refractivity contribution in [1.29, 1.82) is 0 Å². The van der Waals surface area contributed by atoms with Crippen LogP contribution in [0.4, 0.5) is 5.69 Å². The van der Waals surface area contributed by atoms with E-state index in [1.165, 1.54) is 40.9 Å². The zero-order valence-corrected chi connectivity index (χ0v) is 15.5. The summed E-state index contributed by atoms with van der Waals surface area (Å²) in [6.07, 6.45) is 5.23. The monoisotopic (exact) mass is 398 g/mol. The van der Waals surface area contributed by atoms with E-state index in [0.717, 1.165) is 5.56 Å². The molecule has 1 saturated heterocycles. The van der Waals surface area contributed by atoms with Crippen LogP contribution in [0.3, 0.4) is 0 Å². The third-order valence-electron chi connectivity index (χ3n) is 4.31. The van der Waals surface area contributed by atoms with Gasteiger partial charge in [0.2, 0.25) is 0 Å². The van der Waals surface area contributed by atoms with Crippen LogP contribution >= 0.6 is 11.8 Å². The van der Waals surface area contributed by atoms with Gasteiger partial charge in [-0.05, 0) is 23.8 Å². The molecule has 0 bridgehead atoms. The molecule has 2 aliphatic heterocycles. The molecule has 1 fully saturated rings. The van der Waals surface area contributed by atoms with Gasteiger partial charge in [-0.3, -0.25) is 24.5 Å². The highest BCUT2D eigenvalue weighted by Crippen LogP contribution is 2.45. The zero-order chi connectivity index (χ0) is 19.8. The van der Waals surface area contributed by atoms with Crippen LogP contribution in [0.1, 0.15) is 11.1 Å². The van der Waals surface area contributed by atoms with Gasteiger partial charge in [0.1, 0.15) is 17.7 Å². The van der Waals surface area contributed by atoms with E-state index in [9.17, 15) is 19.7 Å². The third kappa shape index (κ3) is 3.18. The Hall–Kier alpha value is -3.40. The molecule has 28 heavy (non-hydrogen) atoms. The smallest absolute Gasteiger partial charge is 0.355 e. The summed E-state index contributed by atoms with van der Waals surface area (Å²) >= 11 is 1.37. The number of carbonyl (C=O) groups excluding carboxylic acids is 2. The van der Waals surface area contributed by atoms with Crippen LogP contribution in [0.5, 0.6) is 0 Å². The Morgan fingerprint density at radius 1 is 1.39 bits per heavy atom. The highest BCUT2D eigenvalue weighted by molar-refractivity contribution is 8.03. The highest BCUT2D eigenvalue weighted by atomic mass is 32.2. The van der Waals surface area contributed by atoms with Gasteiger partial charge >= 0.3 is 5.97 Å². The van der Waals surface area contributed by atoms with Gasteiger partial charge in [0.05, 0.1) is 16.7 Å². The van der Waals surface area contributed by atoms with E-state index in [0.29, 0.717) is 11.1 Å². The maximum atomic E-state index is 12.4. The van der Waals surface area contributed by atoms with Gasteiger partial charge in [-0.15, -0.1) is 11.8 Å². The molecule has 1 aromatic heterocycles. The molecule has 1 amide bonds. The summed E-state index contributed by atoms with van der Waals surface area (Å²) < 4.78 is 6.90. The fraction of sp³-hybridized carbons (Fsp3) is 0.167. The minimum Gasteiger partial charge on any atom is -0.456 e. The molecular formula is C18H14N4O5S. The first kappa shape index (κ1) is 18.0. The van der Waals surface area contributed by atoms with Crippen molar-refractivity contribution >= 4 is 35.4 Å². The van der Waals surface area contributed by atoms with Gasteiger partial charge in [0.25, 0.3) is 11.6 Å². The number of esters is 1. The minimum atomic E-state index is -0.609. The molecule has 3 heterocycles. The molecule has 10 heteroatoms. The second-order valence-electron chi connectivity index (χ2n) is 6.21. The van der Waals surface area contributed by atoms with Crippen LogP contribution in [0.2, 0.25) is 0 Å². The Kier molecular flexibility index (Phi) is 4.47. The van der Waals surface area contributed by atoms with Crippen LogP contribution in [0.15, 0.2) is 53.3 Å². The molecule has 4 rings (SSSR count). The molecule has 2 aromatic rings. The number of aromatic nitrogens is 2. The molecule has 1 aromatic carbocycles. The second-order valence-corrected chi connectivity index (χ2v) is 7.17. The van der Waals surface area contributed by atoms with Gasteiger partial charge in [0.15, 0.2) is 0 Å². The van der Waals surface area contributed by atoms with Crippen molar-refractivity contribution in [3.63, 3.8) is 0 Å². The van der Waals surface area contributed by atoms with Crippen LogP contribution in [-0.4, -0.2) is 36.9 Å². The lowest BCUT2D eigenvalue weighted by Crippen LogP contribution is -2.51. The van der Waals surface area contributed by atoms with Crippen molar-refractivity contribution in [2.45, 2.75) is 12.0 Å². The minimum absolute atomic E-state index is 0.0353. The summed E-state index contributed by atoms with van der Waals surface area (Å²) in [6.45, 7) is -0.0378. The number of β-lactam (4-membered cyclic amide) rings is 1. The van der Waals surface area contributed by atoms with Crippen molar-refractivity contribution in [3.8, 4) is 0 Å². The summed E-state index contributed by atoms with van der Waals surface area (Å²) in [5, 5.41) is 16.1. The number of aryl methyl sites for hydroxylation is 1. The van der Waals surface area contributed by atoms with Gasteiger partial charge in [0, 0.05) is 36.3 Å². The molecule has 0 N–H and O–H groups in total. The summed E-state index contributed by atoms with van der Waals surface area (Å²) in [5.41, 5.74) is 2.21. The number of nitro groups is 1. The number of ether oxygens (including phenoxy) is 1. The SMILES string of the molecule is Cn1cc(C=C2C(=O)N3C(C(=O)OCc4ccc([N+](=O)[O-])cc4)=CSC23)cn1. The van der Waals surface area contributed by atoms with Crippen molar-refractivity contribution in [3.05, 3.63) is 74.6 Å². The van der Waals surface area contributed by atoms with Gasteiger partial charge in [-0.1, -0.05) is 0 Å². The molecule has 142 valence electrons. The number of benzene rings is 1. The molecule has 0 saturated carbocycles. The number of non-ortho nitro benzene ring substituents is 1. The topological polar surface area (TPSA) is 108 Å². The van der Waals surface area contributed by atoms with E-state index < -0.39 is 10.9 Å². The summed E-state index contributed by atoms with van der Waals surface area (Å²) in [5.74, 6) is -0.848. The normalized spacial score (nSPS) is 19.2. The van der Waals surface area contributed by atoms with Crippen LogP contribution in [0, 0.1) is 10.1 Å². The standard InChI is InChI=1S/C18H14N4O5S/c1-20-8-12(7-19-20)6-14-16(23)21-15(10-28-17(14)21)18(24)27-9-11-2-4-13(5-3-11)22(25)26/h2-8,10,17H,9H2,1H3. The van der Waals surface area contributed by atoms with E-state index in [1.54, 1.807) is 35.6 Å². The predicted molar refractivity (Wildman–Crippen MR) is 100 cm³/mol. The van der Waals surface area contributed by atoms with Crippen molar-refractivity contribution in [2.75, 3.05) is 0 Å². The molecule has 2 aliphatic rings. The number of hydrogen-bond donors (Lipinski definition) is 0. The van der Waals surface area contributed by atoms with Gasteiger partial charge in [-0.2, -0.15) is 5.10 Å². The first-order valence-electron chi connectivity index (χ1n) is 8.24. The van der Waals surface area contributed by atoms with E-state index in [2.05, 4.69) is 5.10 Å². The lowest BCUT2D eigenvalue weighted by Gasteiger charge is -2.37. The van der Waals surface area contributed by atoms with Crippen LogP contribution < -0.4 is 0 Å². The highest BCUT2D eigenvalue weighted by Gasteiger charge is 2.49. The average Bonchev–Trinajstić information content (AvgIpc) is 3.28. The lowest BCUT2D eigenvalue weighted by atomic mass is 10.0. The summed E-state index contributed by atoms with van der Waals surface area (Å²) in [7, 11) is 1.79. The number of nitrogens with zero attached hydrogens (tertiary/aromatic N) is 4. The third-order valence-corrected chi connectivity index (χ3v) is 5.39. The number of carbonyl (C=O) groups is 2. The quantitative estimate of drug-likeness (QED) is 0.250. The predicted octanol–water partition coefficient (Wildman–Crippen LogP) is 2.21. The molecule has 0 aliphatic carbocycles. The first-order chi connectivity index (χ1) is 13.4. The molecule has 1 unspecified atom stereocenters. The van der Waals surface area contributed by atoms with Crippen molar-refractivity contribution < 1.29 is 19.2 Å². The number of amides is 1. The van der Waals surface area contributed by atoms with Crippen molar-refractivity contribution in [1.82, 2.24) is 14.7 Å². The second kappa shape index (κ2) is 6.97. The fourth-order valence-electron chi connectivity index (χ4n) is 2.89. The molecular weight excluding hydrogens is 384 g/mol. The molecule has 0 spiro atoms. The number of nitro benzene ring substituents is 1. The fourth-order valence-corrected chi connectivity index (χ4v) is 4.00. The molecule has 9 nitrogen and oxygen atoms in total. The van der Waals surface area contributed by atoms with Gasteiger partial charge in [-0.25, -0.2) is 4.79 Å². The Labute approximate surface area is 163 Å². The Morgan fingerprint density at radius 3 is 2.79 bits per heavy atom. The van der Waals surface area contributed by atoms with Gasteiger partial charge < -0.3 is 4.74 Å². The Bertz CT molecular complexity index is 1040. The van der Waals surface area contributed by atoms with Crippen molar-refractivity contribution in [2.24, 2.45) is 7.05 Å². The largest absolute Gasteiger partial charge is 0.456 e. The maximum Gasteiger partial charge on any atom is 0.355 e. The Morgan fingerprint density at radius 2 is 2.14 bits per heavy atom. The zero-order valence-electron chi connectivity index (χ0n) is 14.6. The van der Waals surface area contributed by atoms with Crippen LogP contribution in [-0.2, 0) is 28.0 Å². The molecule has 1 atom stereocenters. The lowest BCUT2D eigenvalue weighted by molar-refractivity contribution is -0.384. The summed E-state index contributed by atoms with van der Waals surface area (Å²) in [6, 6.07) is 5.74. The van der Waals surface area contributed by atoms with E-state index in [-0.39, 0.29) is 29.3 Å². The Balaban J connectivity index is 1.38. The van der Waals surface area contributed by atoms with Crippen LogP contribution in [0.25, 0.3) is 6.08 Å². The number of thioether (sulfide) groups is 1. The number of rotatable bonds is 5. The maximum absolute atomic E-state index is 12.4. The summed E-state index contributed by atoms with van der Waals surface area (Å²) in [4.78, 5) is 36.4. The first-order valence-corrected chi connectivity index (χ1v) is 9.18. The average molecular weight is 398 g/mol.